The van der Waals surface area contributed by atoms with Gasteiger partial charge in [-0.25, -0.2) is 4.39 Å². The molecule has 0 saturated carbocycles. The summed E-state index contributed by atoms with van der Waals surface area (Å²) >= 11 is 5.60. The van der Waals surface area contributed by atoms with Crippen molar-refractivity contribution in [2.24, 2.45) is 0 Å². The van der Waals surface area contributed by atoms with Crippen LogP contribution >= 0.6 is 11.6 Å². The van der Waals surface area contributed by atoms with Gasteiger partial charge in [0.1, 0.15) is 12.2 Å². The molecular formula is C11H10ClFN2O. The monoisotopic (exact) mass is 240 g/mol. The van der Waals surface area contributed by atoms with Gasteiger partial charge >= 0.3 is 0 Å². The molecule has 0 bridgehead atoms. The van der Waals surface area contributed by atoms with Crippen LogP contribution in [0.25, 0.3) is 0 Å². The van der Waals surface area contributed by atoms with Gasteiger partial charge in [0.2, 0.25) is 5.91 Å². The highest BCUT2D eigenvalue weighted by Gasteiger charge is 2.02. The molecule has 0 aliphatic rings. The molecule has 0 aliphatic carbocycles. The Hall–Kier alpha value is -1.60. The quantitative estimate of drug-likeness (QED) is 0.876. The molecule has 0 atom stereocenters. The third kappa shape index (κ3) is 3.87. The smallest absolute Gasteiger partial charge is 0.234 e. The lowest BCUT2D eigenvalue weighted by Crippen LogP contribution is -2.24. The first kappa shape index (κ1) is 12.5. The van der Waals surface area contributed by atoms with Gasteiger partial charge in [0.15, 0.2) is 0 Å². The van der Waals surface area contributed by atoms with Gasteiger partial charge in [0, 0.05) is 6.54 Å². The van der Waals surface area contributed by atoms with E-state index in [4.69, 9.17) is 16.9 Å². The first-order chi connectivity index (χ1) is 7.63. The standard InChI is InChI=1S/C11H10ClFN2O/c12-9-7-8(1-2-10(9)13)4-6-15-11(16)3-5-14/h1-2,7H,3-4,6H2,(H,15,16). The highest BCUT2D eigenvalue weighted by Crippen LogP contribution is 2.15. The Labute approximate surface area is 97.8 Å². The van der Waals surface area contributed by atoms with E-state index in [-0.39, 0.29) is 17.4 Å². The lowest BCUT2D eigenvalue weighted by molar-refractivity contribution is -0.120. The maximum atomic E-state index is 12.8. The number of nitrogens with zero attached hydrogens (tertiary/aromatic N) is 1. The number of carbonyl (C=O) groups is 1. The zero-order chi connectivity index (χ0) is 12.0. The molecule has 1 amide bonds. The number of rotatable bonds is 4. The van der Waals surface area contributed by atoms with Gasteiger partial charge in [0.05, 0.1) is 11.1 Å². The average molecular weight is 241 g/mol. The molecule has 1 aromatic carbocycles. The molecule has 0 unspecified atom stereocenters. The number of hydrogen-bond donors (Lipinski definition) is 1. The van der Waals surface area contributed by atoms with Crippen LogP contribution in [-0.2, 0) is 11.2 Å². The zero-order valence-corrected chi connectivity index (χ0v) is 9.22. The lowest BCUT2D eigenvalue weighted by atomic mass is 10.1. The van der Waals surface area contributed by atoms with Gasteiger partial charge in [-0.15, -0.1) is 0 Å². The Bertz CT molecular complexity index is 428. The van der Waals surface area contributed by atoms with Crippen LogP contribution in [0.3, 0.4) is 0 Å². The highest BCUT2D eigenvalue weighted by molar-refractivity contribution is 6.30. The predicted octanol–water partition coefficient (Wildman–Crippen LogP) is 2.05. The van der Waals surface area contributed by atoms with Gasteiger partial charge in [-0.3, -0.25) is 4.79 Å². The van der Waals surface area contributed by atoms with Gasteiger partial charge < -0.3 is 5.32 Å². The molecule has 3 nitrogen and oxygen atoms in total. The fraction of sp³-hybridized carbons (Fsp3) is 0.273. The Morgan fingerprint density at radius 3 is 2.94 bits per heavy atom. The van der Waals surface area contributed by atoms with Gasteiger partial charge in [-0.2, -0.15) is 5.26 Å². The van der Waals surface area contributed by atoms with E-state index in [2.05, 4.69) is 5.32 Å². The van der Waals surface area contributed by atoms with Gasteiger partial charge in [-0.1, -0.05) is 17.7 Å². The first-order valence-electron chi connectivity index (χ1n) is 4.71. The summed E-state index contributed by atoms with van der Waals surface area (Å²) in [4.78, 5) is 10.9. The summed E-state index contributed by atoms with van der Waals surface area (Å²) in [6, 6.07) is 6.17. The van der Waals surface area contributed by atoms with Crippen molar-refractivity contribution in [3.63, 3.8) is 0 Å². The van der Waals surface area contributed by atoms with E-state index in [1.54, 1.807) is 12.1 Å². The van der Waals surface area contributed by atoms with E-state index in [0.717, 1.165) is 5.56 Å². The second-order valence-electron chi connectivity index (χ2n) is 3.18. The molecular weight excluding hydrogens is 231 g/mol. The van der Waals surface area contributed by atoms with Crippen molar-refractivity contribution in [3.05, 3.63) is 34.6 Å². The maximum absolute atomic E-state index is 12.8. The van der Waals surface area contributed by atoms with Crippen molar-refractivity contribution in [3.8, 4) is 6.07 Å². The first-order valence-corrected chi connectivity index (χ1v) is 5.09. The van der Waals surface area contributed by atoms with Crippen molar-refractivity contribution >= 4 is 17.5 Å². The SMILES string of the molecule is N#CCC(=O)NCCc1ccc(F)c(Cl)c1. The summed E-state index contributed by atoms with van der Waals surface area (Å²) in [5.41, 5.74) is 0.837. The Morgan fingerprint density at radius 1 is 1.56 bits per heavy atom. The van der Waals surface area contributed by atoms with Crippen molar-refractivity contribution in [1.29, 1.82) is 5.26 Å². The molecule has 1 aromatic rings. The summed E-state index contributed by atoms with van der Waals surface area (Å²) in [6.07, 6.45) is 0.404. The summed E-state index contributed by atoms with van der Waals surface area (Å²) in [5.74, 6) is -0.769. The average Bonchev–Trinajstić information content (AvgIpc) is 2.24. The predicted molar refractivity (Wildman–Crippen MR) is 58.4 cm³/mol. The van der Waals surface area contributed by atoms with Crippen LogP contribution < -0.4 is 5.32 Å². The van der Waals surface area contributed by atoms with Gasteiger partial charge in [-0.05, 0) is 24.1 Å². The minimum Gasteiger partial charge on any atom is -0.355 e. The molecule has 1 rings (SSSR count). The second-order valence-corrected chi connectivity index (χ2v) is 3.59. The van der Waals surface area contributed by atoms with Crippen molar-refractivity contribution in [1.82, 2.24) is 5.32 Å². The molecule has 1 N–H and O–H groups in total. The number of halogens is 2. The van der Waals surface area contributed by atoms with E-state index in [0.29, 0.717) is 13.0 Å². The van der Waals surface area contributed by atoms with Crippen LogP contribution in [0.5, 0.6) is 0 Å². The molecule has 5 heteroatoms. The molecule has 0 spiro atoms. The van der Waals surface area contributed by atoms with Crippen LogP contribution in [0.1, 0.15) is 12.0 Å². The summed E-state index contributed by atoms with van der Waals surface area (Å²) in [6.45, 7) is 0.405. The summed E-state index contributed by atoms with van der Waals surface area (Å²) in [5, 5.41) is 10.9. The van der Waals surface area contributed by atoms with E-state index in [9.17, 15) is 9.18 Å². The minimum atomic E-state index is -0.459. The Kier molecular flexibility index (Phi) is 4.74. The number of amides is 1. The summed E-state index contributed by atoms with van der Waals surface area (Å²) < 4.78 is 12.8. The normalized spacial score (nSPS) is 9.56. The van der Waals surface area contributed by atoms with E-state index < -0.39 is 5.82 Å². The van der Waals surface area contributed by atoms with Crippen LogP contribution in [0.15, 0.2) is 18.2 Å². The lowest BCUT2D eigenvalue weighted by Gasteiger charge is -2.04. The fourth-order valence-electron chi connectivity index (χ4n) is 1.18. The fourth-order valence-corrected chi connectivity index (χ4v) is 1.38. The van der Waals surface area contributed by atoms with Crippen LogP contribution in [0.4, 0.5) is 4.39 Å². The molecule has 0 aliphatic heterocycles. The molecule has 16 heavy (non-hydrogen) atoms. The minimum absolute atomic E-state index is 0.0702. The van der Waals surface area contributed by atoms with E-state index >= 15 is 0 Å². The van der Waals surface area contributed by atoms with E-state index in [1.165, 1.54) is 12.1 Å². The largest absolute Gasteiger partial charge is 0.355 e. The van der Waals surface area contributed by atoms with Crippen LogP contribution in [0.2, 0.25) is 5.02 Å². The molecule has 0 aromatic heterocycles. The van der Waals surface area contributed by atoms with E-state index in [1.807, 2.05) is 0 Å². The highest BCUT2D eigenvalue weighted by atomic mass is 35.5. The molecule has 0 radical (unpaired) electrons. The number of nitrogens with one attached hydrogen (secondary N) is 1. The topological polar surface area (TPSA) is 52.9 Å². The van der Waals surface area contributed by atoms with Crippen molar-refractivity contribution in [2.45, 2.75) is 12.8 Å². The third-order valence-corrected chi connectivity index (χ3v) is 2.25. The number of benzene rings is 1. The van der Waals surface area contributed by atoms with Crippen LogP contribution in [0, 0.1) is 17.1 Å². The molecule has 0 saturated heterocycles. The van der Waals surface area contributed by atoms with Crippen molar-refractivity contribution in [2.75, 3.05) is 6.54 Å². The van der Waals surface area contributed by atoms with Crippen LogP contribution in [-0.4, -0.2) is 12.5 Å². The molecule has 0 heterocycles. The second kappa shape index (κ2) is 6.09. The summed E-state index contributed by atoms with van der Waals surface area (Å²) in [7, 11) is 0. The molecule has 0 fully saturated rings. The number of carbonyl (C=O) groups excluding carboxylic acids is 1. The Morgan fingerprint density at radius 2 is 2.31 bits per heavy atom. The number of hydrogen-bond acceptors (Lipinski definition) is 2. The Balaban J connectivity index is 2.41. The third-order valence-electron chi connectivity index (χ3n) is 1.96. The van der Waals surface area contributed by atoms with Gasteiger partial charge in [0.25, 0.3) is 0 Å². The van der Waals surface area contributed by atoms with Crippen molar-refractivity contribution < 1.29 is 9.18 Å². The molecule has 84 valence electrons. The number of nitriles is 1. The maximum Gasteiger partial charge on any atom is 0.234 e. The zero-order valence-electron chi connectivity index (χ0n) is 8.46.